The molecule has 1 N–H and O–H groups in total. The quantitative estimate of drug-likeness (QED) is 0.575. The number of rotatable bonds is 5. The van der Waals surface area contributed by atoms with E-state index < -0.39 is 0 Å². The zero-order valence-corrected chi connectivity index (χ0v) is 14.9. The number of nitrogens with one attached hydrogen (secondary N) is 1. The molecule has 0 amide bonds. The van der Waals surface area contributed by atoms with Crippen molar-refractivity contribution >= 4 is 11.6 Å². The SMILES string of the molecule is COc1ccc(-c2ccc(Nc3c(C#N)cnn3-c3ccccn3)nn2)cc1. The summed E-state index contributed by atoms with van der Waals surface area (Å²) in [6.07, 6.45) is 3.15. The lowest BCUT2D eigenvalue weighted by atomic mass is 10.1. The molecule has 0 aliphatic carbocycles. The summed E-state index contributed by atoms with van der Waals surface area (Å²) in [6, 6.07) is 18.8. The van der Waals surface area contributed by atoms with Gasteiger partial charge in [0.1, 0.15) is 17.4 Å². The fourth-order valence-electron chi connectivity index (χ4n) is 2.64. The Morgan fingerprint density at radius 2 is 1.89 bits per heavy atom. The van der Waals surface area contributed by atoms with Crippen molar-refractivity contribution < 1.29 is 4.74 Å². The van der Waals surface area contributed by atoms with Crippen LogP contribution in [-0.4, -0.2) is 32.1 Å². The number of methoxy groups -OCH3 is 1. The minimum Gasteiger partial charge on any atom is -0.497 e. The summed E-state index contributed by atoms with van der Waals surface area (Å²) in [6.45, 7) is 0. The van der Waals surface area contributed by atoms with Gasteiger partial charge in [0.25, 0.3) is 0 Å². The molecule has 0 saturated heterocycles. The molecule has 4 aromatic rings. The predicted molar refractivity (Wildman–Crippen MR) is 103 cm³/mol. The van der Waals surface area contributed by atoms with Crippen LogP contribution < -0.4 is 10.1 Å². The Kier molecular flexibility index (Phi) is 4.63. The first kappa shape index (κ1) is 17.2. The van der Waals surface area contributed by atoms with E-state index >= 15 is 0 Å². The minimum atomic E-state index is 0.381. The summed E-state index contributed by atoms with van der Waals surface area (Å²) >= 11 is 0. The van der Waals surface area contributed by atoms with Gasteiger partial charge >= 0.3 is 0 Å². The van der Waals surface area contributed by atoms with Crippen molar-refractivity contribution in [2.24, 2.45) is 0 Å². The van der Waals surface area contributed by atoms with Crippen molar-refractivity contribution in [2.75, 3.05) is 12.4 Å². The van der Waals surface area contributed by atoms with E-state index in [0.717, 1.165) is 17.0 Å². The molecule has 4 rings (SSSR count). The molecular weight excluding hydrogens is 354 g/mol. The van der Waals surface area contributed by atoms with Gasteiger partial charge in [-0.3, -0.25) is 0 Å². The highest BCUT2D eigenvalue weighted by molar-refractivity contribution is 5.64. The summed E-state index contributed by atoms with van der Waals surface area (Å²) in [5, 5.41) is 25.2. The maximum absolute atomic E-state index is 9.38. The van der Waals surface area contributed by atoms with Gasteiger partial charge in [0.05, 0.1) is 19.0 Å². The maximum atomic E-state index is 9.38. The lowest BCUT2D eigenvalue weighted by Gasteiger charge is -2.09. The van der Waals surface area contributed by atoms with Gasteiger partial charge < -0.3 is 10.1 Å². The summed E-state index contributed by atoms with van der Waals surface area (Å²) in [7, 11) is 1.63. The number of hydrogen-bond acceptors (Lipinski definition) is 7. The molecular formula is C20H15N7O. The molecule has 3 heterocycles. The summed E-state index contributed by atoms with van der Waals surface area (Å²) < 4.78 is 6.72. The van der Waals surface area contributed by atoms with Crippen LogP contribution in [-0.2, 0) is 0 Å². The van der Waals surface area contributed by atoms with Crippen molar-refractivity contribution in [3.8, 4) is 28.9 Å². The first-order chi connectivity index (χ1) is 13.8. The van der Waals surface area contributed by atoms with Gasteiger partial charge in [-0.1, -0.05) is 6.07 Å². The third kappa shape index (κ3) is 3.37. The van der Waals surface area contributed by atoms with Gasteiger partial charge in [-0.15, -0.1) is 10.2 Å². The molecule has 8 heteroatoms. The van der Waals surface area contributed by atoms with Crippen LogP contribution in [0.25, 0.3) is 17.1 Å². The first-order valence-corrected chi connectivity index (χ1v) is 8.43. The topological polar surface area (TPSA) is 102 Å². The molecule has 136 valence electrons. The van der Waals surface area contributed by atoms with Crippen molar-refractivity contribution in [1.29, 1.82) is 5.26 Å². The largest absolute Gasteiger partial charge is 0.497 e. The molecule has 0 radical (unpaired) electrons. The van der Waals surface area contributed by atoms with Crippen LogP contribution in [0.4, 0.5) is 11.6 Å². The van der Waals surface area contributed by atoms with Gasteiger partial charge in [-0.05, 0) is 48.5 Å². The average molecular weight is 369 g/mol. The maximum Gasteiger partial charge on any atom is 0.155 e. The van der Waals surface area contributed by atoms with E-state index in [9.17, 15) is 5.26 Å². The van der Waals surface area contributed by atoms with Gasteiger partial charge in [-0.2, -0.15) is 15.0 Å². The van der Waals surface area contributed by atoms with E-state index in [0.29, 0.717) is 23.0 Å². The fraction of sp³-hybridized carbons (Fsp3) is 0.0500. The summed E-state index contributed by atoms with van der Waals surface area (Å²) in [5.74, 6) is 2.34. The number of aromatic nitrogens is 5. The second-order valence-corrected chi connectivity index (χ2v) is 5.78. The van der Waals surface area contributed by atoms with Crippen molar-refractivity contribution in [1.82, 2.24) is 25.0 Å². The van der Waals surface area contributed by atoms with E-state index in [2.05, 4.69) is 31.7 Å². The second-order valence-electron chi connectivity index (χ2n) is 5.78. The van der Waals surface area contributed by atoms with E-state index in [1.807, 2.05) is 42.5 Å². The molecule has 0 aliphatic heterocycles. The van der Waals surface area contributed by atoms with Crippen LogP contribution in [0.2, 0.25) is 0 Å². The summed E-state index contributed by atoms with van der Waals surface area (Å²) in [4.78, 5) is 4.27. The van der Waals surface area contributed by atoms with Crippen molar-refractivity contribution in [3.05, 3.63) is 72.6 Å². The van der Waals surface area contributed by atoms with Gasteiger partial charge in [0.15, 0.2) is 17.5 Å². The average Bonchev–Trinajstić information content (AvgIpc) is 3.17. The molecule has 0 fully saturated rings. The van der Waals surface area contributed by atoms with E-state index in [1.165, 1.54) is 6.20 Å². The lowest BCUT2D eigenvalue weighted by Crippen LogP contribution is -2.06. The zero-order chi connectivity index (χ0) is 19.3. The highest BCUT2D eigenvalue weighted by atomic mass is 16.5. The fourth-order valence-corrected chi connectivity index (χ4v) is 2.64. The minimum absolute atomic E-state index is 0.381. The Morgan fingerprint density at radius 3 is 2.54 bits per heavy atom. The molecule has 28 heavy (non-hydrogen) atoms. The first-order valence-electron chi connectivity index (χ1n) is 8.43. The highest BCUT2D eigenvalue weighted by Crippen LogP contribution is 2.24. The standard InChI is InChI=1S/C20H15N7O/c1-28-16-7-5-14(6-8-16)17-9-10-18(26-25-17)24-20-15(12-21)13-23-27(20)19-4-2-3-11-22-19/h2-11,13H,1H3,(H,24,26). The van der Waals surface area contributed by atoms with Crippen LogP contribution in [0.15, 0.2) is 67.0 Å². The number of anilines is 2. The molecule has 0 aliphatic rings. The number of hydrogen-bond donors (Lipinski definition) is 1. The Balaban J connectivity index is 1.61. The number of benzene rings is 1. The Hall–Kier alpha value is -4.25. The van der Waals surface area contributed by atoms with Gasteiger partial charge in [-0.25, -0.2) is 4.98 Å². The molecule has 3 aromatic heterocycles. The molecule has 0 atom stereocenters. The van der Waals surface area contributed by atoms with Crippen molar-refractivity contribution in [3.63, 3.8) is 0 Å². The molecule has 0 spiro atoms. The molecule has 1 aromatic carbocycles. The van der Waals surface area contributed by atoms with Crippen LogP contribution >= 0.6 is 0 Å². The van der Waals surface area contributed by atoms with Crippen LogP contribution in [0, 0.1) is 11.3 Å². The Labute approximate surface area is 161 Å². The highest BCUT2D eigenvalue weighted by Gasteiger charge is 2.14. The van der Waals surface area contributed by atoms with Crippen molar-refractivity contribution in [2.45, 2.75) is 0 Å². The van der Waals surface area contributed by atoms with Crippen LogP contribution in [0.1, 0.15) is 5.56 Å². The Bertz CT molecular complexity index is 1110. The van der Waals surface area contributed by atoms with E-state index in [4.69, 9.17) is 4.74 Å². The lowest BCUT2D eigenvalue weighted by molar-refractivity contribution is 0.415. The molecule has 8 nitrogen and oxygen atoms in total. The molecule has 0 unspecified atom stereocenters. The van der Waals surface area contributed by atoms with Crippen LogP contribution in [0.5, 0.6) is 5.75 Å². The monoisotopic (exact) mass is 369 g/mol. The van der Waals surface area contributed by atoms with Gasteiger partial charge in [0, 0.05) is 11.8 Å². The predicted octanol–water partition coefficient (Wildman–Crippen LogP) is 3.35. The number of pyridine rings is 1. The number of nitriles is 1. The normalized spacial score (nSPS) is 10.3. The van der Waals surface area contributed by atoms with E-state index in [-0.39, 0.29) is 0 Å². The molecule has 0 saturated carbocycles. The zero-order valence-electron chi connectivity index (χ0n) is 14.9. The van der Waals surface area contributed by atoms with E-state index in [1.54, 1.807) is 30.1 Å². The Morgan fingerprint density at radius 1 is 1.04 bits per heavy atom. The second kappa shape index (κ2) is 7.55. The third-order valence-electron chi connectivity index (χ3n) is 4.05. The number of ether oxygens (including phenoxy) is 1. The van der Waals surface area contributed by atoms with Gasteiger partial charge in [0.2, 0.25) is 0 Å². The summed E-state index contributed by atoms with van der Waals surface area (Å²) in [5.41, 5.74) is 2.04. The third-order valence-corrected chi connectivity index (χ3v) is 4.05. The number of nitrogens with zero attached hydrogens (tertiary/aromatic N) is 6. The van der Waals surface area contributed by atoms with Crippen LogP contribution in [0.3, 0.4) is 0 Å². The smallest absolute Gasteiger partial charge is 0.155 e. The molecule has 0 bridgehead atoms.